The molecule has 1 N–H and O–H groups in total. The Morgan fingerprint density at radius 2 is 1.80 bits per heavy atom. The molecule has 154 valence electrons. The number of carboxylic acid groups (broad SMARTS) is 1. The number of pyridine rings is 1. The molecule has 2 fully saturated rings. The second kappa shape index (κ2) is 7.63. The topological polar surface area (TPSA) is 68.7 Å². The van der Waals surface area contributed by atoms with Gasteiger partial charge in [-0.3, -0.25) is 4.79 Å². The molecule has 2 aromatic carbocycles. The van der Waals surface area contributed by atoms with Crippen LogP contribution in [0.4, 0.5) is 0 Å². The first kappa shape index (κ1) is 18.9. The Labute approximate surface area is 175 Å². The molecule has 0 radical (unpaired) electrons. The van der Waals surface area contributed by atoms with Crippen molar-refractivity contribution in [1.29, 1.82) is 0 Å². The van der Waals surface area contributed by atoms with Crippen LogP contribution in [0.1, 0.15) is 37.7 Å². The Morgan fingerprint density at radius 3 is 2.50 bits per heavy atom. The summed E-state index contributed by atoms with van der Waals surface area (Å²) in [5, 5.41) is 10.4. The first-order valence-electron chi connectivity index (χ1n) is 10.6. The van der Waals surface area contributed by atoms with Crippen molar-refractivity contribution in [1.82, 2.24) is 4.98 Å². The van der Waals surface area contributed by atoms with E-state index in [1.54, 1.807) is 0 Å². The number of benzene rings is 2. The summed E-state index contributed by atoms with van der Waals surface area (Å²) in [6.07, 6.45) is 5.62. The Balaban J connectivity index is 1.23. The van der Waals surface area contributed by atoms with Gasteiger partial charge >= 0.3 is 5.97 Å². The summed E-state index contributed by atoms with van der Waals surface area (Å²) >= 11 is 0. The SMILES string of the molecule is O=C(O)C1(CCc2ccc3nc(Oc4ccc(OCC5CC5)cc4)ccc3c2)CC1. The summed E-state index contributed by atoms with van der Waals surface area (Å²) in [5.74, 6) is 2.21. The standard InChI is InChI=1S/C25H25NO4/c27-24(28)25(13-14-25)12-11-17-3-9-22-19(15-17)4-10-23(26-22)30-21-7-5-20(6-8-21)29-16-18-1-2-18/h3-10,15,18H,1-2,11-14,16H2,(H,27,28). The Hall–Kier alpha value is -3.08. The van der Waals surface area contributed by atoms with E-state index >= 15 is 0 Å². The van der Waals surface area contributed by atoms with Gasteiger partial charge in [0, 0.05) is 11.5 Å². The van der Waals surface area contributed by atoms with Crippen LogP contribution in [-0.4, -0.2) is 22.7 Å². The lowest BCUT2D eigenvalue weighted by molar-refractivity contribution is -0.143. The molecule has 0 atom stereocenters. The minimum Gasteiger partial charge on any atom is -0.493 e. The van der Waals surface area contributed by atoms with Crippen LogP contribution in [0.25, 0.3) is 10.9 Å². The average molecular weight is 403 g/mol. The Bertz CT molecular complexity index is 1070. The highest BCUT2D eigenvalue weighted by Crippen LogP contribution is 2.49. The van der Waals surface area contributed by atoms with Crippen LogP contribution in [-0.2, 0) is 11.2 Å². The smallest absolute Gasteiger partial charge is 0.309 e. The number of aliphatic carboxylic acids is 1. The van der Waals surface area contributed by atoms with Crippen molar-refractivity contribution in [2.45, 2.75) is 38.5 Å². The van der Waals surface area contributed by atoms with E-state index in [-0.39, 0.29) is 0 Å². The van der Waals surface area contributed by atoms with Crippen molar-refractivity contribution < 1.29 is 19.4 Å². The van der Waals surface area contributed by atoms with E-state index in [1.165, 1.54) is 12.8 Å². The molecule has 30 heavy (non-hydrogen) atoms. The number of rotatable bonds is 9. The average Bonchev–Trinajstić information content (AvgIpc) is 3.67. The minimum absolute atomic E-state index is 0.483. The van der Waals surface area contributed by atoms with E-state index < -0.39 is 11.4 Å². The van der Waals surface area contributed by atoms with Crippen molar-refractivity contribution in [3.8, 4) is 17.4 Å². The van der Waals surface area contributed by atoms with Gasteiger partial charge in [-0.05, 0) is 92.5 Å². The lowest BCUT2D eigenvalue weighted by Crippen LogP contribution is -2.15. The van der Waals surface area contributed by atoms with Crippen LogP contribution in [0.3, 0.4) is 0 Å². The van der Waals surface area contributed by atoms with E-state index in [2.05, 4.69) is 11.1 Å². The predicted octanol–water partition coefficient (Wildman–Crippen LogP) is 5.61. The maximum atomic E-state index is 11.4. The van der Waals surface area contributed by atoms with Gasteiger partial charge in [0.15, 0.2) is 0 Å². The van der Waals surface area contributed by atoms with Crippen LogP contribution < -0.4 is 9.47 Å². The first-order valence-corrected chi connectivity index (χ1v) is 10.6. The van der Waals surface area contributed by atoms with Crippen molar-refractivity contribution in [3.63, 3.8) is 0 Å². The number of carbonyl (C=O) groups is 1. The molecule has 1 heterocycles. The third-order valence-electron chi connectivity index (χ3n) is 6.16. The summed E-state index contributed by atoms with van der Waals surface area (Å²) in [6, 6.07) is 17.6. The number of aromatic nitrogens is 1. The molecule has 0 aliphatic heterocycles. The predicted molar refractivity (Wildman–Crippen MR) is 114 cm³/mol. The molecule has 0 saturated heterocycles. The fourth-order valence-electron chi connectivity index (χ4n) is 3.70. The van der Waals surface area contributed by atoms with Gasteiger partial charge in [-0.2, -0.15) is 0 Å². The van der Waals surface area contributed by atoms with Gasteiger partial charge < -0.3 is 14.6 Å². The zero-order valence-corrected chi connectivity index (χ0v) is 16.8. The Morgan fingerprint density at radius 1 is 1.03 bits per heavy atom. The van der Waals surface area contributed by atoms with E-state index in [1.807, 2.05) is 48.5 Å². The molecular weight excluding hydrogens is 378 g/mol. The molecule has 2 aliphatic carbocycles. The van der Waals surface area contributed by atoms with Crippen molar-refractivity contribution >= 4 is 16.9 Å². The van der Waals surface area contributed by atoms with E-state index in [0.29, 0.717) is 12.3 Å². The normalized spacial score (nSPS) is 16.9. The largest absolute Gasteiger partial charge is 0.493 e. The molecule has 0 spiro atoms. The lowest BCUT2D eigenvalue weighted by atomic mass is 9.96. The van der Waals surface area contributed by atoms with Crippen LogP contribution in [0, 0.1) is 11.3 Å². The third-order valence-corrected chi connectivity index (χ3v) is 6.16. The van der Waals surface area contributed by atoms with Gasteiger partial charge in [-0.15, -0.1) is 0 Å². The second-order valence-electron chi connectivity index (χ2n) is 8.59. The monoisotopic (exact) mass is 403 g/mol. The number of ether oxygens (including phenoxy) is 2. The number of hydrogen-bond acceptors (Lipinski definition) is 4. The van der Waals surface area contributed by atoms with E-state index in [4.69, 9.17) is 9.47 Å². The summed E-state index contributed by atoms with van der Waals surface area (Å²) < 4.78 is 11.7. The lowest BCUT2D eigenvalue weighted by Gasteiger charge is -2.10. The molecule has 2 saturated carbocycles. The molecule has 5 heteroatoms. The second-order valence-corrected chi connectivity index (χ2v) is 8.59. The molecule has 5 rings (SSSR count). The highest BCUT2D eigenvalue weighted by atomic mass is 16.5. The number of fused-ring (bicyclic) bond motifs is 1. The van der Waals surface area contributed by atoms with Crippen LogP contribution in [0.2, 0.25) is 0 Å². The van der Waals surface area contributed by atoms with Crippen LogP contribution >= 0.6 is 0 Å². The maximum absolute atomic E-state index is 11.4. The summed E-state index contributed by atoms with van der Waals surface area (Å²) in [5.41, 5.74) is 1.52. The number of hydrogen-bond donors (Lipinski definition) is 1. The summed E-state index contributed by atoms with van der Waals surface area (Å²) in [6.45, 7) is 0.797. The van der Waals surface area contributed by atoms with Gasteiger partial charge in [0.1, 0.15) is 11.5 Å². The fourth-order valence-corrected chi connectivity index (χ4v) is 3.70. The molecule has 2 aliphatic rings. The molecule has 3 aromatic rings. The fraction of sp³-hybridized carbons (Fsp3) is 0.360. The molecular formula is C25H25NO4. The van der Waals surface area contributed by atoms with Crippen LogP contribution in [0.5, 0.6) is 17.4 Å². The van der Waals surface area contributed by atoms with Gasteiger partial charge in [0.25, 0.3) is 0 Å². The number of carboxylic acids is 1. The van der Waals surface area contributed by atoms with Crippen molar-refractivity contribution in [2.24, 2.45) is 11.3 Å². The van der Waals surface area contributed by atoms with E-state index in [9.17, 15) is 9.90 Å². The van der Waals surface area contributed by atoms with Crippen molar-refractivity contribution in [2.75, 3.05) is 6.61 Å². The van der Waals surface area contributed by atoms with Gasteiger partial charge in [-0.25, -0.2) is 4.98 Å². The zero-order chi connectivity index (χ0) is 20.6. The van der Waals surface area contributed by atoms with E-state index in [0.717, 1.165) is 59.8 Å². The number of aryl methyl sites for hydroxylation is 1. The highest BCUT2D eigenvalue weighted by molar-refractivity contribution is 5.80. The molecule has 0 amide bonds. The zero-order valence-electron chi connectivity index (χ0n) is 16.8. The molecule has 1 aromatic heterocycles. The summed E-state index contributed by atoms with van der Waals surface area (Å²) in [7, 11) is 0. The van der Waals surface area contributed by atoms with Gasteiger partial charge in [-0.1, -0.05) is 6.07 Å². The quantitative estimate of drug-likeness (QED) is 0.503. The Kier molecular flexibility index (Phi) is 4.81. The first-order chi connectivity index (χ1) is 14.6. The summed E-state index contributed by atoms with van der Waals surface area (Å²) in [4.78, 5) is 16.0. The number of nitrogens with zero attached hydrogens (tertiary/aromatic N) is 1. The maximum Gasteiger partial charge on any atom is 0.309 e. The third kappa shape index (κ3) is 4.25. The molecule has 0 bridgehead atoms. The highest BCUT2D eigenvalue weighted by Gasteiger charge is 2.49. The minimum atomic E-state index is -0.658. The van der Waals surface area contributed by atoms with Crippen molar-refractivity contribution in [3.05, 3.63) is 60.2 Å². The van der Waals surface area contributed by atoms with Crippen LogP contribution in [0.15, 0.2) is 54.6 Å². The van der Waals surface area contributed by atoms with Gasteiger partial charge in [0.05, 0.1) is 17.5 Å². The van der Waals surface area contributed by atoms with Gasteiger partial charge in [0.2, 0.25) is 5.88 Å². The molecule has 0 unspecified atom stereocenters. The molecule has 5 nitrogen and oxygen atoms in total.